The molecule has 2 rings (SSSR count). The zero-order chi connectivity index (χ0) is 13.0. The normalized spacial score (nSPS) is 19.5. The van der Waals surface area contributed by atoms with Gasteiger partial charge in [0, 0.05) is 24.8 Å². The zero-order valence-electron chi connectivity index (χ0n) is 12.0. The maximum atomic E-state index is 3.48. The molecule has 0 spiro atoms. The van der Waals surface area contributed by atoms with E-state index in [2.05, 4.69) is 49.2 Å². The van der Waals surface area contributed by atoms with Crippen LogP contribution in [0.25, 0.3) is 0 Å². The van der Waals surface area contributed by atoms with Crippen molar-refractivity contribution in [3.8, 4) is 0 Å². The Morgan fingerprint density at radius 2 is 2.22 bits per heavy atom. The van der Waals surface area contributed by atoms with Crippen LogP contribution in [-0.2, 0) is 6.54 Å². The van der Waals surface area contributed by atoms with Gasteiger partial charge >= 0.3 is 0 Å². The van der Waals surface area contributed by atoms with Crippen LogP contribution in [0.3, 0.4) is 0 Å². The summed E-state index contributed by atoms with van der Waals surface area (Å²) in [6.45, 7) is 10.1. The molecule has 1 unspecified atom stereocenters. The molecule has 100 valence electrons. The van der Waals surface area contributed by atoms with Crippen LogP contribution in [0.5, 0.6) is 0 Å². The number of benzene rings is 1. The zero-order valence-corrected chi connectivity index (χ0v) is 12.0. The van der Waals surface area contributed by atoms with Gasteiger partial charge in [0.05, 0.1) is 0 Å². The van der Waals surface area contributed by atoms with E-state index in [1.54, 1.807) is 0 Å². The molecule has 1 aliphatic rings. The molecule has 18 heavy (non-hydrogen) atoms. The second-order valence-corrected chi connectivity index (χ2v) is 5.47. The molecule has 0 radical (unpaired) electrons. The Morgan fingerprint density at radius 3 is 2.83 bits per heavy atom. The quantitative estimate of drug-likeness (QED) is 0.800. The maximum absolute atomic E-state index is 3.48. The Kier molecular flexibility index (Phi) is 4.65. The lowest BCUT2D eigenvalue weighted by molar-refractivity contribution is 0.673. The second-order valence-electron chi connectivity index (χ2n) is 5.47. The summed E-state index contributed by atoms with van der Waals surface area (Å²) in [5.41, 5.74) is 4.24. The highest BCUT2D eigenvalue weighted by atomic mass is 15.2. The van der Waals surface area contributed by atoms with E-state index >= 15 is 0 Å². The predicted molar refractivity (Wildman–Crippen MR) is 79.2 cm³/mol. The first-order valence-electron chi connectivity index (χ1n) is 7.29. The van der Waals surface area contributed by atoms with Gasteiger partial charge in [0.1, 0.15) is 0 Å². The Bertz CT molecular complexity index is 387. The van der Waals surface area contributed by atoms with Gasteiger partial charge in [-0.15, -0.1) is 0 Å². The van der Waals surface area contributed by atoms with E-state index in [0.29, 0.717) is 6.04 Å². The minimum atomic E-state index is 0.702. The van der Waals surface area contributed by atoms with E-state index in [0.717, 1.165) is 13.1 Å². The van der Waals surface area contributed by atoms with E-state index < -0.39 is 0 Å². The summed E-state index contributed by atoms with van der Waals surface area (Å²) in [5.74, 6) is 0. The van der Waals surface area contributed by atoms with Crippen molar-refractivity contribution < 1.29 is 0 Å². The lowest BCUT2D eigenvalue weighted by Crippen LogP contribution is -2.26. The molecule has 2 nitrogen and oxygen atoms in total. The van der Waals surface area contributed by atoms with Gasteiger partial charge in [0.15, 0.2) is 0 Å². The van der Waals surface area contributed by atoms with E-state index in [-0.39, 0.29) is 0 Å². The van der Waals surface area contributed by atoms with Crippen LogP contribution in [0.15, 0.2) is 18.2 Å². The number of nitrogens with zero attached hydrogens (tertiary/aromatic N) is 1. The Hall–Kier alpha value is -1.02. The van der Waals surface area contributed by atoms with Crippen LogP contribution in [0.2, 0.25) is 0 Å². The van der Waals surface area contributed by atoms with E-state index in [9.17, 15) is 0 Å². The molecule has 1 saturated heterocycles. The first-order valence-corrected chi connectivity index (χ1v) is 7.29. The molecule has 1 aromatic carbocycles. The number of hydrogen-bond donors (Lipinski definition) is 1. The molecule has 0 bridgehead atoms. The van der Waals surface area contributed by atoms with Crippen molar-refractivity contribution in [2.24, 2.45) is 0 Å². The molecular weight excluding hydrogens is 220 g/mol. The first kappa shape index (κ1) is 13.4. The van der Waals surface area contributed by atoms with Crippen LogP contribution >= 0.6 is 0 Å². The molecule has 0 aromatic heterocycles. The van der Waals surface area contributed by atoms with Crippen LogP contribution in [-0.4, -0.2) is 19.1 Å². The summed E-state index contributed by atoms with van der Waals surface area (Å²) >= 11 is 0. The van der Waals surface area contributed by atoms with Gasteiger partial charge in [0.2, 0.25) is 0 Å². The molecule has 1 N–H and O–H groups in total. The van der Waals surface area contributed by atoms with Crippen molar-refractivity contribution in [1.82, 2.24) is 5.32 Å². The molecule has 1 aromatic rings. The Balaban J connectivity index is 2.04. The smallest absolute Gasteiger partial charge is 0.0371 e. The molecule has 1 aliphatic heterocycles. The number of hydrogen-bond acceptors (Lipinski definition) is 2. The molecule has 1 heterocycles. The fourth-order valence-corrected chi connectivity index (χ4v) is 2.77. The highest BCUT2D eigenvalue weighted by Crippen LogP contribution is 2.27. The lowest BCUT2D eigenvalue weighted by Gasteiger charge is -2.24. The summed E-state index contributed by atoms with van der Waals surface area (Å²) < 4.78 is 0. The first-order chi connectivity index (χ1) is 8.72. The topological polar surface area (TPSA) is 15.3 Å². The molecule has 0 amide bonds. The Labute approximate surface area is 111 Å². The lowest BCUT2D eigenvalue weighted by atomic mass is 10.1. The number of nitrogens with one attached hydrogen (secondary N) is 1. The molecule has 2 heteroatoms. The average Bonchev–Trinajstić information content (AvgIpc) is 2.78. The highest BCUT2D eigenvalue weighted by molar-refractivity contribution is 5.52. The van der Waals surface area contributed by atoms with Gasteiger partial charge in [-0.1, -0.05) is 13.0 Å². The third-order valence-electron chi connectivity index (χ3n) is 3.95. The molecule has 1 atom stereocenters. The van der Waals surface area contributed by atoms with E-state index in [1.165, 1.54) is 42.6 Å². The molecule has 0 aliphatic carbocycles. The third kappa shape index (κ3) is 3.05. The van der Waals surface area contributed by atoms with Crippen molar-refractivity contribution >= 4 is 5.69 Å². The van der Waals surface area contributed by atoms with Crippen LogP contribution in [0, 0.1) is 6.92 Å². The second kappa shape index (κ2) is 6.24. The van der Waals surface area contributed by atoms with Crippen molar-refractivity contribution in [2.45, 2.75) is 52.6 Å². The molecule has 0 saturated carbocycles. The fraction of sp³-hybridized carbons (Fsp3) is 0.625. The SMILES string of the molecule is CCCNCc1ccc(N2CCCC2C)cc1C. The molecular formula is C16H26N2. The largest absolute Gasteiger partial charge is 0.369 e. The summed E-state index contributed by atoms with van der Waals surface area (Å²) in [4.78, 5) is 2.54. The van der Waals surface area contributed by atoms with Crippen molar-refractivity contribution in [1.29, 1.82) is 0 Å². The number of rotatable bonds is 5. The van der Waals surface area contributed by atoms with Gasteiger partial charge < -0.3 is 10.2 Å². The van der Waals surface area contributed by atoms with Gasteiger partial charge in [-0.05, 0) is 62.9 Å². The fourth-order valence-electron chi connectivity index (χ4n) is 2.77. The van der Waals surface area contributed by atoms with Gasteiger partial charge in [-0.3, -0.25) is 0 Å². The summed E-state index contributed by atoms with van der Waals surface area (Å²) in [6.07, 6.45) is 3.86. The van der Waals surface area contributed by atoms with Gasteiger partial charge in [0.25, 0.3) is 0 Å². The third-order valence-corrected chi connectivity index (χ3v) is 3.95. The summed E-state index contributed by atoms with van der Waals surface area (Å²) in [5, 5.41) is 3.48. The van der Waals surface area contributed by atoms with Gasteiger partial charge in [-0.25, -0.2) is 0 Å². The van der Waals surface area contributed by atoms with Gasteiger partial charge in [-0.2, -0.15) is 0 Å². The van der Waals surface area contributed by atoms with Crippen molar-refractivity contribution in [2.75, 3.05) is 18.0 Å². The minimum absolute atomic E-state index is 0.702. The number of aryl methyl sites for hydroxylation is 1. The average molecular weight is 246 g/mol. The van der Waals surface area contributed by atoms with Crippen molar-refractivity contribution in [3.63, 3.8) is 0 Å². The monoisotopic (exact) mass is 246 g/mol. The standard InChI is InChI=1S/C16H26N2/c1-4-9-17-12-15-7-8-16(11-13(15)2)18-10-5-6-14(18)3/h7-8,11,14,17H,4-6,9-10,12H2,1-3H3. The Morgan fingerprint density at radius 1 is 1.39 bits per heavy atom. The maximum Gasteiger partial charge on any atom is 0.0371 e. The number of anilines is 1. The summed E-state index contributed by atoms with van der Waals surface area (Å²) in [7, 11) is 0. The molecule has 1 fully saturated rings. The predicted octanol–water partition coefficient (Wildman–Crippen LogP) is 3.48. The highest BCUT2D eigenvalue weighted by Gasteiger charge is 2.20. The van der Waals surface area contributed by atoms with E-state index in [1.807, 2.05) is 0 Å². The summed E-state index contributed by atoms with van der Waals surface area (Å²) in [6, 6.07) is 7.63. The van der Waals surface area contributed by atoms with Crippen LogP contribution in [0.4, 0.5) is 5.69 Å². The van der Waals surface area contributed by atoms with E-state index in [4.69, 9.17) is 0 Å². The van der Waals surface area contributed by atoms with Crippen LogP contribution in [0.1, 0.15) is 44.2 Å². The minimum Gasteiger partial charge on any atom is -0.369 e. The van der Waals surface area contributed by atoms with Crippen molar-refractivity contribution in [3.05, 3.63) is 29.3 Å². The van der Waals surface area contributed by atoms with Crippen LogP contribution < -0.4 is 10.2 Å².